The Morgan fingerprint density at radius 1 is 1.12 bits per heavy atom. The molecule has 0 aromatic heterocycles. The van der Waals surface area contributed by atoms with Crippen molar-refractivity contribution in [2.75, 3.05) is 29.9 Å². The van der Waals surface area contributed by atoms with E-state index in [1.807, 2.05) is 25.1 Å². The third-order valence-electron chi connectivity index (χ3n) is 5.63. The molecule has 0 saturated carbocycles. The number of aryl methyl sites for hydroxylation is 1. The van der Waals surface area contributed by atoms with E-state index in [2.05, 4.69) is 14.9 Å². The maximum Gasteiger partial charge on any atom is 0.324 e. The standard InChI is InChI=1S/C24H30FN3O5S/c1-16(2)23(27-34(31,32)21-9-5-4-8-19(21)25)24(30)33-15-22(29)26-20-11-10-18(14-17(20)3)28-12-6-7-13-28/h4-5,8-11,14,16,23,27H,6-7,12-13,15H2,1-3H3,(H,26,29)/t23-/m0/s1. The molecular weight excluding hydrogens is 461 g/mol. The van der Waals surface area contributed by atoms with Crippen LogP contribution in [0.5, 0.6) is 0 Å². The number of hydrogen-bond acceptors (Lipinski definition) is 6. The Morgan fingerprint density at radius 3 is 2.41 bits per heavy atom. The fourth-order valence-electron chi connectivity index (χ4n) is 3.72. The SMILES string of the molecule is Cc1cc(N2CCCC2)ccc1NC(=O)COC(=O)[C@@H](NS(=O)(=O)c1ccccc1F)C(C)C. The van der Waals surface area contributed by atoms with Gasteiger partial charge in [0.05, 0.1) is 0 Å². The van der Waals surface area contributed by atoms with Crippen LogP contribution in [-0.4, -0.2) is 46.0 Å². The van der Waals surface area contributed by atoms with Gasteiger partial charge in [-0.15, -0.1) is 0 Å². The molecule has 184 valence electrons. The number of carbonyl (C=O) groups is 2. The lowest BCUT2D eigenvalue weighted by molar-refractivity contribution is -0.150. The summed E-state index contributed by atoms with van der Waals surface area (Å²) < 4.78 is 46.4. The second kappa shape index (κ2) is 11.0. The van der Waals surface area contributed by atoms with Gasteiger partial charge in [-0.25, -0.2) is 12.8 Å². The molecule has 0 aliphatic carbocycles. The largest absolute Gasteiger partial charge is 0.454 e. The summed E-state index contributed by atoms with van der Waals surface area (Å²) in [6, 6.07) is 9.31. The molecule has 3 rings (SSSR count). The first-order valence-electron chi connectivity index (χ1n) is 11.2. The van der Waals surface area contributed by atoms with E-state index in [9.17, 15) is 22.4 Å². The van der Waals surface area contributed by atoms with Gasteiger partial charge >= 0.3 is 5.97 Å². The Kier molecular flexibility index (Phi) is 8.27. The van der Waals surface area contributed by atoms with E-state index < -0.39 is 51.2 Å². The summed E-state index contributed by atoms with van der Waals surface area (Å²) in [6.07, 6.45) is 2.33. The summed E-state index contributed by atoms with van der Waals surface area (Å²) in [5.41, 5.74) is 2.58. The van der Waals surface area contributed by atoms with Crippen LogP contribution >= 0.6 is 0 Å². The summed E-state index contributed by atoms with van der Waals surface area (Å²) in [5, 5.41) is 2.71. The van der Waals surface area contributed by atoms with Gasteiger partial charge in [0.2, 0.25) is 10.0 Å². The van der Waals surface area contributed by atoms with Crippen LogP contribution in [-0.2, 0) is 24.3 Å². The minimum atomic E-state index is -4.31. The third-order valence-corrected chi connectivity index (χ3v) is 7.10. The minimum absolute atomic E-state index is 0.502. The first-order valence-corrected chi connectivity index (χ1v) is 12.7. The smallest absolute Gasteiger partial charge is 0.324 e. The normalized spacial score (nSPS) is 14.8. The highest BCUT2D eigenvalue weighted by molar-refractivity contribution is 7.89. The summed E-state index contributed by atoms with van der Waals surface area (Å²) in [6.45, 7) is 6.55. The summed E-state index contributed by atoms with van der Waals surface area (Å²) in [5.74, 6) is -2.91. The Labute approximate surface area is 199 Å². The van der Waals surface area contributed by atoms with Crippen LogP contribution in [0.15, 0.2) is 47.4 Å². The number of nitrogens with zero attached hydrogens (tertiary/aromatic N) is 1. The van der Waals surface area contributed by atoms with E-state index in [1.54, 1.807) is 13.8 Å². The molecular formula is C24H30FN3O5S. The molecule has 0 radical (unpaired) electrons. The molecule has 1 atom stereocenters. The van der Waals surface area contributed by atoms with Crippen molar-refractivity contribution in [2.45, 2.75) is 44.6 Å². The lowest BCUT2D eigenvalue weighted by Gasteiger charge is -2.21. The van der Waals surface area contributed by atoms with Gasteiger partial charge in [0.15, 0.2) is 6.61 Å². The number of anilines is 2. The van der Waals surface area contributed by atoms with Crippen molar-refractivity contribution < 1.29 is 27.1 Å². The quantitative estimate of drug-likeness (QED) is 0.522. The monoisotopic (exact) mass is 491 g/mol. The molecule has 2 aromatic carbocycles. The Balaban J connectivity index is 1.59. The van der Waals surface area contributed by atoms with Crippen molar-refractivity contribution in [1.29, 1.82) is 0 Å². The van der Waals surface area contributed by atoms with Crippen LogP contribution in [0.1, 0.15) is 32.3 Å². The second-order valence-electron chi connectivity index (χ2n) is 8.62. The maximum atomic E-state index is 14.0. The highest BCUT2D eigenvalue weighted by Crippen LogP contribution is 2.25. The predicted octanol–water partition coefficient (Wildman–Crippen LogP) is 3.22. The molecule has 1 heterocycles. The fraction of sp³-hybridized carbons (Fsp3) is 0.417. The Bertz CT molecular complexity index is 1150. The van der Waals surface area contributed by atoms with Crippen molar-refractivity contribution in [3.63, 3.8) is 0 Å². The number of sulfonamides is 1. The van der Waals surface area contributed by atoms with Crippen molar-refractivity contribution in [3.05, 3.63) is 53.8 Å². The average Bonchev–Trinajstić information content (AvgIpc) is 3.32. The van der Waals surface area contributed by atoms with Gasteiger partial charge < -0.3 is 15.0 Å². The van der Waals surface area contributed by atoms with Crippen LogP contribution in [0.25, 0.3) is 0 Å². The first-order chi connectivity index (χ1) is 16.1. The number of benzene rings is 2. The predicted molar refractivity (Wildman–Crippen MR) is 128 cm³/mol. The Morgan fingerprint density at radius 2 is 1.79 bits per heavy atom. The molecule has 1 aliphatic heterocycles. The second-order valence-corrected chi connectivity index (χ2v) is 10.3. The highest BCUT2D eigenvalue weighted by Gasteiger charge is 2.31. The number of esters is 1. The van der Waals surface area contributed by atoms with E-state index in [0.29, 0.717) is 5.69 Å². The molecule has 0 bridgehead atoms. The number of hydrogen-bond donors (Lipinski definition) is 2. The van der Waals surface area contributed by atoms with E-state index in [1.165, 1.54) is 12.1 Å². The molecule has 1 aliphatic rings. The summed E-state index contributed by atoms with van der Waals surface area (Å²) >= 11 is 0. The summed E-state index contributed by atoms with van der Waals surface area (Å²) in [4.78, 5) is 26.6. The van der Waals surface area contributed by atoms with Crippen molar-refractivity contribution in [3.8, 4) is 0 Å². The number of carbonyl (C=O) groups excluding carboxylic acids is 2. The molecule has 2 aromatic rings. The van der Waals surface area contributed by atoms with Crippen LogP contribution in [0.4, 0.5) is 15.8 Å². The minimum Gasteiger partial charge on any atom is -0.454 e. The molecule has 8 nitrogen and oxygen atoms in total. The zero-order chi connectivity index (χ0) is 24.9. The van der Waals surface area contributed by atoms with Crippen molar-refractivity contribution >= 4 is 33.3 Å². The average molecular weight is 492 g/mol. The molecule has 1 amide bonds. The van der Waals surface area contributed by atoms with Gasteiger partial charge in [0.25, 0.3) is 5.91 Å². The van der Waals surface area contributed by atoms with Crippen molar-refractivity contribution in [2.24, 2.45) is 5.92 Å². The van der Waals surface area contributed by atoms with Gasteiger partial charge in [0.1, 0.15) is 16.8 Å². The fourth-order valence-corrected chi connectivity index (χ4v) is 5.13. The van der Waals surface area contributed by atoms with Gasteiger partial charge in [0, 0.05) is 24.5 Å². The molecule has 1 saturated heterocycles. The van der Waals surface area contributed by atoms with E-state index in [-0.39, 0.29) is 0 Å². The molecule has 0 unspecified atom stereocenters. The molecule has 10 heteroatoms. The number of rotatable bonds is 9. The van der Waals surface area contributed by atoms with Gasteiger partial charge in [-0.1, -0.05) is 26.0 Å². The van der Waals surface area contributed by atoms with E-state index in [0.717, 1.165) is 49.3 Å². The van der Waals surface area contributed by atoms with Gasteiger partial charge in [-0.05, 0) is 61.6 Å². The molecule has 34 heavy (non-hydrogen) atoms. The van der Waals surface area contributed by atoms with E-state index >= 15 is 0 Å². The van der Waals surface area contributed by atoms with Crippen molar-refractivity contribution in [1.82, 2.24) is 4.72 Å². The van der Waals surface area contributed by atoms with Crippen LogP contribution in [0.2, 0.25) is 0 Å². The number of nitrogens with one attached hydrogen (secondary N) is 2. The van der Waals surface area contributed by atoms with E-state index in [4.69, 9.17) is 4.74 Å². The number of halogens is 1. The number of amides is 1. The zero-order valence-electron chi connectivity index (χ0n) is 19.5. The Hall–Kier alpha value is -2.98. The zero-order valence-corrected chi connectivity index (χ0v) is 20.3. The third kappa shape index (κ3) is 6.32. The first kappa shape index (κ1) is 25.6. The highest BCUT2D eigenvalue weighted by atomic mass is 32.2. The van der Waals surface area contributed by atoms with Gasteiger partial charge in [-0.2, -0.15) is 4.72 Å². The lowest BCUT2D eigenvalue weighted by Crippen LogP contribution is -2.46. The van der Waals surface area contributed by atoms with Crippen LogP contribution in [0, 0.1) is 18.7 Å². The molecule has 0 spiro atoms. The number of ether oxygens (including phenoxy) is 1. The molecule has 2 N–H and O–H groups in total. The van der Waals surface area contributed by atoms with Gasteiger partial charge in [-0.3, -0.25) is 9.59 Å². The van der Waals surface area contributed by atoms with Crippen LogP contribution in [0.3, 0.4) is 0 Å². The van der Waals surface area contributed by atoms with Crippen LogP contribution < -0.4 is 14.9 Å². The molecule has 1 fully saturated rings. The topological polar surface area (TPSA) is 105 Å². The summed E-state index contributed by atoms with van der Waals surface area (Å²) in [7, 11) is -4.31. The lowest BCUT2D eigenvalue weighted by atomic mass is 10.1. The maximum absolute atomic E-state index is 14.0.